The van der Waals surface area contributed by atoms with Crippen molar-refractivity contribution >= 4 is 16.9 Å². The summed E-state index contributed by atoms with van der Waals surface area (Å²) >= 11 is 0. The summed E-state index contributed by atoms with van der Waals surface area (Å²) in [4.78, 5) is 13.5. The Morgan fingerprint density at radius 3 is 2.81 bits per heavy atom. The number of benzene rings is 1. The summed E-state index contributed by atoms with van der Waals surface area (Å²) in [6.07, 6.45) is 3.59. The zero-order valence-electron chi connectivity index (χ0n) is 12.2. The van der Waals surface area contributed by atoms with Gasteiger partial charge in [-0.15, -0.1) is 0 Å². The van der Waals surface area contributed by atoms with Gasteiger partial charge >= 0.3 is 0 Å². The second-order valence-corrected chi connectivity index (χ2v) is 4.93. The number of nitrogens with one attached hydrogen (secondary N) is 1. The largest absolute Gasteiger partial charge is 0.308 e. The second kappa shape index (κ2) is 5.49. The molecule has 0 saturated heterocycles. The molecule has 2 heterocycles. The molecule has 0 saturated carbocycles. The van der Waals surface area contributed by atoms with Gasteiger partial charge in [0.15, 0.2) is 0 Å². The van der Waals surface area contributed by atoms with E-state index in [0.29, 0.717) is 5.82 Å². The summed E-state index contributed by atoms with van der Waals surface area (Å²) in [5.74, 6) is 7.84. The van der Waals surface area contributed by atoms with Crippen molar-refractivity contribution in [3.63, 3.8) is 0 Å². The molecule has 6 nitrogen and oxygen atoms in total. The monoisotopic (exact) mass is 282 g/mol. The number of nitrogens with zero attached hydrogens (tertiary/aromatic N) is 4. The molecule has 3 rings (SSSR count). The molecule has 0 aliphatic heterocycles. The van der Waals surface area contributed by atoms with Crippen LogP contribution in [0.15, 0.2) is 30.6 Å². The quantitative estimate of drug-likeness (QED) is 0.567. The van der Waals surface area contributed by atoms with E-state index >= 15 is 0 Å². The summed E-state index contributed by atoms with van der Waals surface area (Å²) in [5, 5.41) is 0. The Hall–Kier alpha value is -2.47. The number of hydrazine groups is 1. The van der Waals surface area contributed by atoms with E-state index in [9.17, 15) is 0 Å². The minimum Gasteiger partial charge on any atom is -0.308 e. The first-order valence-electron chi connectivity index (χ1n) is 7.01. The molecule has 0 radical (unpaired) electrons. The van der Waals surface area contributed by atoms with E-state index in [2.05, 4.69) is 27.3 Å². The summed E-state index contributed by atoms with van der Waals surface area (Å²) in [6, 6.07) is 7.98. The topological polar surface area (TPSA) is 81.6 Å². The van der Waals surface area contributed by atoms with Gasteiger partial charge < -0.3 is 5.43 Å². The van der Waals surface area contributed by atoms with Crippen molar-refractivity contribution in [2.24, 2.45) is 5.84 Å². The maximum absolute atomic E-state index is 5.59. The van der Waals surface area contributed by atoms with E-state index in [0.717, 1.165) is 41.1 Å². The van der Waals surface area contributed by atoms with Crippen LogP contribution in [0.25, 0.3) is 16.9 Å². The third-order valence-corrected chi connectivity index (χ3v) is 3.46. The number of nitrogens with two attached hydrogens (primary N) is 1. The lowest BCUT2D eigenvalue weighted by molar-refractivity contribution is 0.814. The van der Waals surface area contributed by atoms with Gasteiger partial charge in [0, 0.05) is 12.0 Å². The van der Waals surface area contributed by atoms with E-state index in [1.165, 1.54) is 0 Å². The molecule has 0 amide bonds. The van der Waals surface area contributed by atoms with Crippen molar-refractivity contribution in [3.8, 4) is 5.82 Å². The number of nitrogen functional groups attached to an aromatic ring is 1. The van der Waals surface area contributed by atoms with E-state index < -0.39 is 0 Å². The number of rotatable bonds is 4. The zero-order chi connectivity index (χ0) is 14.8. The highest BCUT2D eigenvalue weighted by molar-refractivity contribution is 5.77. The first-order valence-corrected chi connectivity index (χ1v) is 7.01. The van der Waals surface area contributed by atoms with Gasteiger partial charge in [-0.1, -0.05) is 19.1 Å². The standard InChI is InChI=1S/C15H18N6/c1-3-6-13-18-14(20-16)10(2)15(19-13)21-9-17-11-7-4-5-8-12(11)21/h4-5,7-9H,3,6,16H2,1-2H3,(H,18,19,20). The van der Waals surface area contributed by atoms with Gasteiger partial charge in [-0.3, -0.25) is 4.57 Å². The average molecular weight is 282 g/mol. The third kappa shape index (κ3) is 2.34. The fourth-order valence-corrected chi connectivity index (χ4v) is 2.39. The van der Waals surface area contributed by atoms with Crippen molar-refractivity contribution in [2.45, 2.75) is 26.7 Å². The molecule has 108 valence electrons. The van der Waals surface area contributed by atoms with E-state index in [1.807, 2.05) is 35.8 Å². The van der Waals surface area contributed by atoms with Crippen molar-refractivity contribution in [3.05, 3.63) is 42.0 Å². The first-order chi connectivity index (χ1) is 10.2. The van der Waals surface area contributed by atoms with Gasteiger partial charge in [-0.25, -0.2) is 20.8 Å². The number of aryl methyl sites for hydroxylation is 1. The second-order valence-electron chi connectivity index (χ2n) is 4.93. The van der Waals surface area contributed by atoms with Crippen molar-refractivity contribution in [1.29, 1.82) is 0 Å². The molecule has 0 spiro atoms. The van der Waals surface area contributed by atoms with Crippen LogP contribution in [0.2, 0.25) is 0 Å². The van der Waals surface area contributed by atoms with Gasteiger partial charge in [-0.2, -0.15) is 0 Å². The number of anilines is 1. The fraction of sp³-hybridized carbons (Fsp3) is 0.267. The summed E-state index contributed by atoms with van der Waals surface area (Å²) in [7, 11) is 0. The molecule has 0 aliphatic carbocycles. The first kappa shape index (κ1) is 13.5. The lowest BCUT2D eigenvalue weighted by atomic mass is 10.2. The third-order valence-electron chi connectivity index (χ3n) is 3.46. The maximum Gasteiger partial charge on any atom is 0.148 e. The van der Waals surface area contributed by atoms with Crippen LogP contribution in [0.5, 0.6) is 0 Å². The molecular formula is C15H18N6. The minimum atomic E-state index is 0.654. The van der Waals surface area contributed by atoms with E-state index in [1.54, 1.807) is 6.33 Å². The van der Waals surface area contributed by atoms with Gasteiger partial charge in [0.1, 0.15) is 23.8 Å². The molecule has 0 fully saturated rings. The Labute approximate surface area is 123 Å². The molecule has 0 atom stereocenters. The lowest BCUT2D eigenvalue weighted by Gasteiger charge is -2.13. The Bertz CT molecular complexity index is 777. The number of hydrogen-bond donors (Lipinski definition) is 2. The van der Waals surface area contributed by atoms with Gasteiger partial charge in [0.2, 0.25) is 0 Å². The van der Waals surface area contributed by atoms with Crippen molar-refractivity contribution < 1.29 is 0 Å². The number of aromatic nitrogens is 4. The number of imidazole rings is 1. The predicted octanol–water partition coefficient (Wildman–Crippen LogP) is 2.36. The van der Waals surface area contributed by atoms with Gasteiger partial charge in [0.25, 0.3) is 0 Å². The molecule has 3 aromatic rings. The van der Waals surface area contributed by atoms with E-state index in [-0.39, 0.29) is 0 Å². The van der Waals surface area contributed by atoms with Crippen LogP contribution >= 0.6 is 0 Å². The van der Waals surface area contributed by atoms with Crippen LogP contribution < -0.4 is 11.3 Å². The van der Waals surface area contributed by atoms with Gasteiger partial charge in [0.05, 0.1) is 11.0 Å². The molecule has 0 unspecified atom stereocenters. The number of fused-ring (bicyclic) bond motifs is 1. The Balaban J connectivity index is 2.23. The smallest absolute Gasteiger partial charge is 0.148 e. The molecule has 21 heavy (non-hydrogen) atoms. The molecule has 0 aliphatic rings. The van der Waals surface area contributed by atoms with Gasteiger partial charge in [-0.05, 0) is 25.5 Å². The van der Waals surface area contributed by atoms with E-state index in [4.69, 9.17) is 5.84 Å². The Kier molecular flexibility index (Phi) is 3.53. The summed E-state index contributed by atoms with van der Waals surface area (Å²) in [6.45, 7) is 4.06. The highest BCUT2D eigenvalue weighted by atomic mass is 15.3. The number of hydrogen-bond acceptors (Lipinski definition) is 5. The van der Waals surface area contributed by atoms with Crippen molar-refractivity contribution in [1.82, 2.24) is 19.5 Å². The maximum atomic E-state index is 5.59. The Morgan fingerprint density at radius 2 is 2.05 bits per heavy atom. The molecule has 2 aromatic heterocycles. The average Bonchev–Trinajstić information content (AvgIpc) is 2.93. The summed E-state index contributed by atoms with van der Waals surface area (Å²) in [5.41, 5.74) is 5.52. The zero-order valence-corrected chi connectivity index (χ0v) is 12.2. The van der Waals surface area contributed by atoms with Crippen LogP contribution in [0.1, 0.15) is 24.7 Å². The SMILES string of the molecule is CCCc1nc(NN)c(C)c(-n2cnc3ccccc32)n1. The highest BCUT2D eigenvalue weighted by Gasteiger charge is 2.13. The molecular weight excluding hydrogens is 264 g/mol. The van der Waals surface area contributed by atoms with Crippen LogP contribution in [0, 0.1) is 6.92 Å². The van der Waals surface area contributed by atoms with Crippen LogP contribution in [0.3, 0.4) is 0 Å². The highest BCUT2D eigenvalue weighted by Crippen LogP contribution is 2.23. The fourth-order valence-electron chi connectivity index (χ4n) is 2.39. The molecule has 0 bridgehead atoms. The summed E-state index contributed by atoms with van der Waals surface area (Å²) < 4.78 is 1.98. The molecule has 3 N–H and O–H groups in total. The van der Waals surface area contributed by atoms with Crippen molar-refractivity contribution in [2.75, 3.05) is 5.43 Å². The van der Waals surface area contributed by atoms with Crippen LogP contribution in [-0.4, -0.2) is 19.5 Å². The van der Waals surface area contributed by atoms with Crippen LogP contribution in [0.4, 0.5) is 5.82 Å². The predicted molar refractivity (Wildman–Crippen MR) is 83.2 cm³/mol. The number of para-hydroxylation sites is 2. The van der Waals surface area contributed by atoms with Crippen LogP contribution in [-0.2, 0) is 6.42 Å². The Morgan fingerprint density at radius 1 is 1.24 bits per heavy atom. The lowest BCUT2D eigenvalue weighted by Crippen LogP contribution is -2.15. The molecule has 1 aromatic carbocycles. The molecule has 6 heteroatoms. The normalized spacial score (nSPS) is 11.0. The minimum absolute atomic E-state index is 0.654.